The monoisotopic (exact) mass is 520 g/mol. The van der Waals surface area contributed by atoms with Gasteiger partial charge in [-0.2, -0.15) is 0 Å². The van der Waals surface area contributed by atoms with Gasteiger partial charge in [-0.1, -0.05) is 30.3 Å². The number of hydrogen-bond donors (Lipinski definition) is 2. The normalized spacial score (nSPS) is 11.7. The summed E-state index contributed by atoms with van der Waals surface area (Å²) in [5.74, 6) is 0.285. The lowest BCUT2D eigenvalue weighted by atomic mass is 9.99. The van der Waals surface area contributed by atoms with Gasteiger partial charge in [-0.3, -0.25) is 9.97 Å². The van der Waals surface area contributed by atoms with E-state index in [1.54, 1.807) is 12.4 Å². The Kier molecular flexibility index (Phi) is 5.60. The van der Waals surface area contributed by atoms with Gasteiger partial charge in [0.15, 0.2) is 0 Å². The molecular weight excluding hydrogens is 496 g/mol. The summed E-state index contributed by atoms with van der Waals surface area (Å²) < 4.78 is 0. The van der Waals surface area contributed by atoms with Crippen molar-refractivity contribution in [3.05, 3.63) is 120 Å². The van der Waals surface area contributed by atoms with Crippen molar-refractivity contribution in [3.8, 4) is 67.9 Å². The van der Waals surface area contributed by atoms with E-state index in [-0.39, 0.29) is 11.5 Å². The molecular formula is C34H24N4O2. The van der Waals surface area contributed by atoms with Gasteiger partial charge < -0.3 is 10.2 Å². The van der Waals surface area contributed by atoms with Gasteiger partial charge in [0, 0.05) is 41.1 Å². The highest BCUT2D eigenvalue weighted by molar-refractivity contribution is 5.84. The topological polar surface area (TPSA) is 92.0 Å². The zero-order valence-corrected chi connectivity index (χ0v) is 21.7. The van der Waals surface area contributed by atoms with Crippen molar-refractivity contribution in [1.29, 1.82) is 0 Å². The highest BCUT2D eigenvalue weighted by atomic mass is 16.3. The van der Waals surface area contributed by atoms with Crippen LogP contribution in [-0.2, 0) is 6.42 Å². The minimum absolute atomic E-state index is 0.139. The summed E-state index contributed by atoms with van der Waals surface area (Å²) in [4.78, 5) is 18.8. The van der Waals surface area contributed by atoms with Crippen LogP contribution in [-0.4, -0.2) is 30.1 Å². The summed E-state index contributed by atoms with van der Waals surface area (Å²) in [6.45, 7) is 2.00. The van der Waals surface area contributed by atoms with Crippen molar-refractivity contribution in [2.45, 2.75) is 13.3 Å². The van der Waals surface area contributed by atoms with Crippen LogP contribution in [0.5, 0.6) is 11.5 Å². The average molecular weight is 521 g/mol. The van der Waals surface area contributed by atoms with Crippen molar-refractivity contribution in [1.82, 2.24) is 19.9 Å². The molecule has 40 heavy (non-hydrogen) atoms. The van der Waals surface area contributed by atoms with Gasteiger partial charge >= 0.3 is 0 Å². The average Bonchev–Trinajstić information content (AvgIpc) is 3.36. The Balaban J connectivity index is 1.32. The molecule has 2 N–H and O–H groups in total. The van der Waals surface area contributed by atoms with E-state index >= 15 is 0 Å². The number of aromatic hydroxyl groups is 2. The standard InChI is InChI=1S/C34H24N4O2/c1-20-17-25(28-10-3-5-16-36-28)34(40)26(18-20)30-14-12-22-19-21-11-13-29(37-31(21)32(22)38-30)24-8-6-7-23(33(24)39)27-9-2-4-15-35-27/h2-18,39-40H,19H2,1H3. The molecule has 0 saturated carbocycles. The Bertz CT molecular complexity index is 1900. The minimum atomic E-state index is 0.139. The number of nitrogens with zero attached hydrogens (tertiary/aromatic N) is 4. The van der Waals surface area contributed by atoms with Gasteiger partial charge in [-0.25, -0.2) is 9.97 Å². The second kappa shape index (κ2) is 9.43. The number of para-hydroxylation sites is 1. The second-order valence-electron chi connectivity index (χ2n) is 9.93. The molecule has 1 aliphatic carbocycles. The van der Waals surface area contributed by atoms with Crippen LogP contribution < -0.4 is 0 Å². The number of pyridine rings is 4. The maximum Gasteiger partial charge on any atom is 0.134 e. The molecule has 6 nitrogen and oxygen atoms in total. The molecule has 4 aromatic heterocycles. The zero-order valence-electron chi connectivity index (χ0n) is 21.7. The summed E-state index contributed by atoms with van der Waals surface area (Å²) in [6.07, 6.45) is 4.15. The van der Waals surface area contributed by atoms with Crippen molar-refractivity contribution in [2.24, 2.45) is 0 Å². The third-order valence-electron chi connectivity index (χ3n) is 7.29. The van der Waals surface area contributed by atoms with Crippen LogP contribution >= 0.6 is 0 Å². The summed E-state index contributed by atoms with van der Waals surface area (Å²) in [6, 6.07) is 28.7. The van der Waals surface area contributed by atoms with Crippen LogP contribution in [0, 0.1) is 6.92 Å². The SMILES string of the molecule is Cc1cc(-c2ccccn2)c(O)c(-c2ccc3c(n2)-c2nc(-c4cccc(-c5ccccn5)c4O)ccc2C3)c1. The van der Waals surface area contributed by atoms with Crippen molar-refractivity contribution in [3.63, 3.8) is 0 Å². The van der Waals surface area contributed by atoms with E-state index in [9.17, 15) is 10.2 Å². The molecule has 6 aromatic rings. The molecule has 6 heteroatoms. The van der Waals surface area contributed by atoms with Crippen LogP contribution in [0.2, 0.25) is 0 Å². The van der Waals surface area contributed by atoms with E-state index in [0.717, 1.165) is 34.5 Å². The Morgan fingerprint density at radius 3 is 1.60 bits per heavy atom. The van der Waals surface area contributed by atoms with E-state index in [1.165, 1.54) is 0 Å². The van der Waals surface area contributed by atoms with Crippen molar-refractivity contribution in [2.75, 3.05) is 0 Å². The number of phenols is 2. The second-order valence-corrected chi connectivity index (χ2v) is 9.93. The zero-order chi connectivity index (χ0) is 27.2. The largest absolute Gasteiger partial charge is 0.507 e. The number of fused-ring (bicyclic) bond motifs is 3. The molecule has 2 aromatic carbocycles. The highest BCUT2D eigenvalue weighted by Gasteiger charge is 2.25. The molecule has 0 amide bonds. The molecule has 4 heterocycles. The molecule has 7 rings (SSSR count). The smallest absolute Gasteiger partial charge is 0.134 e. The number of phenolic OH excluding ortho intramolecular Hbond substituents is 2. The number of aryl methyl sites for hydroxylation is 1. The molecule has 0 unspecified atom stereocenters. The van der Waals surface area contributed by atoms with Gasteiger partial charge in [-0.05, 0) is 84.3 Å². The maximum absolute atomic E-state index is 11.3. The number of aromatic nitrogens is 4. The third kappa shape index (κ3) is 3.98. The van der Waals surface area contributed by atoms with E-state index in [4.69, 9.17) is 9.97 Å². The van der Waals surface area contributed by atoms with Crippen molar-refractivity contribution < 1.29 is 10.2 Å². The Labute approximate surface area is 231 Å². The van der Waals surface area contributed by atoms with Gasteiger partial charge in [0.1, 0.15) is 11.5 Å². The van der Waals surface area contributed by atoms with Crippen LogP contribution in [0.3, 0.4) is 0 Å². The Morgan fingerprint density at radius 1 is 0.525 bits per heavy atom. The molecule has 0 spiro atoms. The fraction of sp³-hybridized carbons (Fsp3) is 0.0588. The Morgan fingerprint density at radius 2 is 1.02 bits per heavy atom. The molecule has 0 atom stereocenters. The van der Waals surface area contributed by atoms with E-state index in [0.29, 0.717) is 45.0 Å². The van der Waals surface area contributed by atoms with E-state index in [2.05, 4.69) is 22.1 Å². The highest BCUT2D eigenvalue weighted by Crippen LogP contribution is 2.42. The molecule has 0 saturated heterocycles. The predicted octanol–water partition coefficient (Wildman–Crippen LogP) is 7.23. The van der Waals surface area contributed by atoms with Gasteiger partial charge in [0.2, 0.25) is 0 Å². The first kappa shape index (κ1) is 23.7. The predicted molar refractivity (Wildman–Crippen MR) is 156 cm³/mol. The lowest BCUT2D eigenvalue weighted by molar-refractivity contribution is 0.478. The molecule has 0 aliphatic heterocycles. The van der Waals surface area contributed by atoms with Crippen molar-refractivity contribution >= 4 is 0 Å². The van der Waals surface area contributed by atoms with Gasteiger partial charge in [-0.15, -0.1) is 0 Å². The lowest BCUT2D eigenvalue weighted by Crippen LogP contribution is -1.94. The van der Waals surface area contributed by atoms with E-state index < -0.39 is 0 Å². The molecule has 0 fully saturated rings. The molecule has 1 aliphatic rings. The molecule has 0 bridgehead atoms. The minimum Gasteiger partial charge on any atom is -0.507 e. The van der Waals surface area contributed by atoms with Gasteiger partial charge in [0.05, 0.1) is 34.2 Å². The molecule has 192 valence electrons. The quantitative estimate of drug-likeness (QED) is 0.254. The maximum atomic E-state index is 11.3. The number of hydrogen-bond acceptors (Lipinski definition) is 6. The van der Waals surface area contributed by atoms with Gasteiger partial charge in [0.25, 0.3) is 0 Å². The summed E-state index contributed by atoms with van der Waals surface area (Å²) in [5, 5.41) is 22.5. The van der Waals surface area contributed by atoms with E-state index in [1.807, 2.05) is 85.8 Å². The lowest BCUT2D eigenvalue weighted by Gasteiger charge is -2.13. The van der Waals surface area contributed by atoms with Crippen LogP contribution in [0.1, 0.15) is 16.7 Å². The first-order chi connectivity index (χ1) is 19.6. The summed E-state index contributed by atoms with van der Waals surface area (Å²) in [7, 11) is 0. The first-order valence-corrected chi connectivity index (χ1v) is 13.1. The van der Waals surface area contributed by atoms with Crippen LogP contribution in [0.4, 0.5) is 0 Å². The fourth-order valence-corrected chi connectivity index (χ4v) is 5.35. The molecule has 0 radical (unpaired) electrons. The number of rotatable bonds is 4. The first-order valence-electron chi connectivity index (χ1n) is 13.1. The number of benzene rings is 2. The van der Waals surface area contributed by atoms with Crippen LogP contribution in [0.25, 0.3) is 56.4 Å². The van der Waals surface area contributed by atoms with Crippen LogP contribution in [0.15, 0.2) is 103 Å². The fourth-order valence-electron chi connectivity index (χ4n) is 5.35. The summed E-state index contributed by atoms with van der Waals surface area (Å²) >= 11 is 0. The third-order valence-corrected chi connectivity index (χ3v) is 7.29. The summed E-state index contributed by atoms with van der Waals surface area (Å²) in [5.41, 5.74) is 10.0. The Hall–Kier alpha value is -5.36.